The van der Waals surface area contributed by atoms with Crippen molar-refractivity contribution in [2.24, 2.45) is 0 Å². The van der Waals surface area contributed by atoms with Gasteiger partial charge in [0.2, 0.25) is 5.95 Å². The minimum absolute atomic E-state index is 0.0513. The van der Waals surface area contributed by atoms with Crippen LogP contribution in [0.3, 0.4) is 0 Å². The maximum atomic E-state index is 14.8. The minimum atomic E-state index is -0.658. The standard InChI is InChI=1S/C18H12F2N8S2/c1-8-16(30-12(24-8)6-23-18-21-3-2-4-22-18)11-7-29-17(25-11)9-5-10(19)14-15(13(9)20)27-28-26-14/h2-5,7H,6H2,1H3,(H,21,22,23)(H,26,27,28). The molecule has 0 unspecified atom stereocenters. The van der Waals surface area contributed by atoms with E-state index in [-0.39, 0.29) is 16.6 Å². The molecule has 2 N–H and O–H groups in total. The lowest BCUT2D eigenvalue weighted by atomic mass is 10.2. The van der Waals surface area contributed by atoms with Gasteiger partial charge in [-0.15, -0.1) is 22.7 Å². The van der Waals surface area contributed by atoms with Gasteiger partial charge in [0.05, 0.1) is 28.4 Å². The molecule has 0 aliphatic rings. The predicted octanol–water partition coefficient (Wildman–Crippen LogP) is 4.19. The summed E-state index contributed by atoms with van der Waals surface area (Å²) in [4.78, 5) is 18.2. The molecule has 0 amide bonds. The molecule has 30 heavy (non-hydrogen) atoms. The van der Waals surface area contributed by atoms with Gasteiger partial charge in [-0.25, -0.2) is 28.7 Å². The summed E-state index contributed by atoms with van der Waals surface area (Å²) < 4.78 is 29.0. The molecule has 5 aromatic rings. The van der Waals surface area contributed by atoms with Crippen LogP contribution >= 0.6 is 22.7 Å². The fourth-order valence-electron chi connectivity index (χ4n) is 2.90. The van der Waals surface area contributed by atoms with Crippen LogP contribution in [0.4, 0.5) is 14.7 Å². The molecular formula is C18H12F2N8S2. The van der Waals surface area contributed by atoms with E-state index < -0.39 is 11.6 Å². The van der Waals surface area contributed by atoms with Crippen LogP contribution < -0.4 is 5.32 Å². The molecule has 4 aromatic heterocycles. The second-order valence-corrected chi connectivity index (χ2v) is 8.17. The molecule has 4 heterocycles. The van der Waals surface area contributed by atoms with E-state index in [1.54, 1.807) is 23.8 Å². The van der Waals surface area contributed by atoms with Crippen molar-refractivity contribution in [2.75, 3.05) is 5.32 Å². The number of benzene rings is 1. The van der Waals surface area contributed by atoms with Gasteiger partial charge < -0.3 is 5.32 Å². The van der Waals surface area contributed by atoms with Crippen LogP contribution in [-0.2, 0) is 6.54 Å². The number of aryl methyl sites for hydroxylation is 1. The lowest BCUT2D eigenvalue weighted by Gasteiger charge is -2.00. The number of hydrogen-bond acceptors (Lipinski definition) is 9. The molecule has 150 valence electrons. The monoisotopic (exact) mass is 442 g/mol. The van der Waals surface area contributed by atoms with Crippen molar-refractivity contribution in [3.05, 3.63) is 52.2 Å². The number of H-pyrrole nitrogens is 1. The fraction of sp³-hybridized carbons (Fsp3) is 0.111. The van der Waals surface area contributed by atoms with Crippen LogP contribution in [0.15, 0.2) is 29.9 Å². The van der Waals surface area contributed by atoms with E-state index in [0.717, 1.165) is 21.6 Å². The van der Waals surface area contributed by atoms with Crippen molar-refractivity contribution in [3.8, 4) is 21.1 Å². The molecule has 12 heteroatoms. The SMILES string of the molecule is Cc1nc(CNc2ncccn2)sc1-c1csc(-c2cc(F)c3n[nH]nc3c2F)n1. The smallest absolute Gasteiger partial charge is 0.222 e. The van der Waals surface area contributed by atoms with Crippen LogP contribution in [0, 0.1) is 18.6 Å². The van der Waals surface area contributed by atoms with Crippen molar-refractivity contribution in [2.45, 2.75) is 13.5 Å². The number of hydrogen-bond donors (Lipinski definition) is 2. The zero-order valence-corrected chi connectivity index (χ0v) is 17.0. The van der Waals surface area contributed by atoms with Crippen molar-refractivity contribution in [1.82, 2.24) is 35.3 Å². The van der Waals surface area contributed by atoms with Crippen LogP contribution in [0.1, 0.15) is 10.7 Å². The average Bonchev–Trinajstić information content (AvgIpc) is 3.49. The molecule has 0 aliphatic heterocycles. The van der Waals surface area contributed by atoms with Gasteiger partial charge in [-0.2, -0.15) is 15.4 Å². The average molecular weight is 442 g/mol. The summed E-state index contributed by atoms with van der Waals surface area (Å²) in [6, 6.07) is 2.84. The van der Waals surface area contributed by atoms with E-state index in [4.69, 9.17) is 0 Å². The van der Waals surface area contributed by atoms with Gasteiger partial charge in [-0.3, -0.25) is 0 Å². The third-order valence-electron chi connectivity index (χ3n) is 4.26. The third-order valence-corrected chi connectivity index (χ3v) is 6.32. The number of aromatic nitrogens is 7. The van der Waals surface area contributed by atoms with Crippen LogP contribution in [0.2, 0.25) is 0 Å². The number of fused-ring (bicyclic) bond motifs is 1. The molecule has 0 radical (unpaired) electrons. The van der Waals surface area contributed by atoms with Crippen LogP contribution in [0.25, 0.3) is 32.2 Å². The number of nitrogens with zero attached hydrogens (tertiary/aromatic N) is 6. The van der Waals surface area contributed by atoms with Gasteiger partial charge in [0.15, 0.2) is 22.7 Å². The van der Waals surface area contributed by atoms with Gasteiger partial charge in [0.1, 0.15) is 10.0 Å². The Morgan fingerprint density at radius 2 is 1.90 bits per heavy atom. The molecule has 0 aliphatic carbocycles. The van der Waals surface area contributed by atoms with E-state index in [0.29, 0.717) is 23.2 Å². The Balaban J connectivity index is 1.43. The molecule has 0 saturated carbocycles. The highest BCUT2D eigenvalue weighted by Gasteiger charge is 2.20. The summed E-state index contributed by atoms with van der Waals surface area (Å²) in [5.74, 6) is -0.796. The first-order chi connectivity index (χ1) is 14.6. The maximum Gasteiger partial charge on any atom is 0.222 e. The van der Waals surface area contributed by atoms with Crippen LogP contribution in [0.5, 0.6) is 0 Å². The van der Waals surface area contributed by atoms with Gasteiger partial charge in [0, 0.05) is 17.8 Å². The van der Waals surface area contributed by atoms with E-state index in [1.807, 2.05) is 6.92 Å². The Hall–Kier alpha value is -3.38. The van der Waals surface area contributed by atoms with Crippen molar-refractivity contribution < 1.29 is 8.78 Å². The Kier molecular flexibility index (Phi) is 4.64. The summed E-state index contributed by atoms with van der Waals surface area (Å²) in [6.07, 6.45) is 3.31. The minimum Gasteiger partial charge on any atom is -0.348 e. The van der Waals surface area contributed by atoms with Gasteiger partial charge >= 0.3 is 0 Å². The fourth-order valence-corrected chi connectivity index (χ4v) is 4.76. The number of rotatable bonds is 5. The molecule has 0 spiro atoms. The van der Waals surface area contributed by atoms with E-state index in [1.165, 1.54) is 22.7 Å². The zero-order valence-electron chi connectivity index (χ0n) is 15.3. The Bertz CT molecular complexity index is 1350. The number of nitrogens with one attached hydrogen (secondary N) is 2. The Morgan fingerprint density at radius 1 is 1.10 bits per heavy atom. The summed E-state index contributed by atoms with van der Waals surface area (Å²) >= 11 is 2.70. The topological polar surface area (TPSA) is 105 Å². The van der Waals surface area contributed by atoms with Gasteiger partial charge in [0.25, 0.3) is 0 Å². The lowest BCUT2D eigenvalue weighted by molar-refractivity contribution is 0.618. The summed E-state index contributed by atoms with van der Waals surface area (Å²) in [6.45, 7) is 2.35. The molecule has 0 bridgehead atoms. The maximum absolute atomic E-state index is 14.8. The second kappa shape index (κ2) is 7.46. The third kappa shape index (κ3) is 3.29. The lowest BCUT2D eigenvalue weighted by Crippen LogP contribution is -2.02. The molecule has 0 atom stereocenters. The number of thiazole rings is 2. The molecular weight excluding hydrogens is 430 g/mol. The van der Waals surface area contributed by atoms with Crippen molar-refractivity contribution in [1.29, 1.82) is 0 Å². The summed E-state index contributed by atoms with van der Waals surface area (Å²) in [5.41, 5.74) is 1.24. The first kappa shape index (κ1) is 18.6. The summed E-state index contributed by atoms with van der Waals surface area (Å²) in [7, 11) is 0. The van der Waals surface area contributed by atoms with Crippen LogP contribution in [-0.4, -0.2) is 35.3 Å². The van der Waals surface area contributed by atoms with E-state index in [9.17, 15) is 8.78 Å². The van der Waals surface area contributed by atoms with Gasteiger partial charge in [-0.1, -0.05) is 0 Å². The highest BCUT2D eigenvalue weighted by atomic mass is 32.1. The number of anilines is 1. The van der Waals surface area contributed by atoms with Crippen molar-refractivity contribution in [3.63, 3.8) is 0 Å². The number of halogens is 2. The highest BCUT2D eigenvalue weighted by Crippen LogP contribution is 2.36. The highest BCUT2D eigenvalue weighted by molar-refractivity contribution is 7.16. The predicted molar refractivity (Wildman–Crippen MR) is 110 cm³/mol. The zero-order chi connectivity index (χ0) is 20.7. The molecule has 0 fully saturated rings. The van der Waals surface area contributed by atoms with Crippen molar-refractivity contribution >= 4 is 39.7 Å². The quantitative estimate of drug-likeness (QED) is 0.420. The molecule has 5 rings (SSSR count). The largest absolute Gasteiger partial charge is 0.348 e. The second-order valence-electron chi connectivity index (χ2n) is 6.23. The Morgan fingerprint density at radius 3 is 2.73 bits per heavy atom. The Labute approximate surface area is 176 Å². The number of aromatic amines is 1. The molecule has 1 aromatic carbocycles. The van der Waals surface area contributed by atoms with Gasteiger partial charge in [-0.05, 0) is 19.1 Å². The first-order valence-corrected chi connectivity index (χ1v) is 10.4. The first-order valence-electron chi connectivity index (χ1n) is 8.72. The molecule has 0 saturated heterocycles. The van der Waals surface area contributed by atoms with E-state index >= 15 is 0 Å². The van der Waals surface area contributed by atoms with E-state index in [2.05, 4.69) is 40.7 Å². The summed E-state index contributed by atoms with van der Waals surface area (Å²) in [5, 5.41) is 15.7. The normalized spacial score (nSPS) is 11.3. The molecule has 8 nitrogen and oxygen atoms in total.